The number of benzene rings is 1. The van der Waals surface area contributed by atoms with E-state index < -0.39 is 6.10 Å². The van der Waals surface area contributed by atoms with Crippen LogP contribution in [-0.4, -0.2) is 43.3 Å². The van der Waals surface area contributed by atoms with Gasteiger partial charge in [0.05, 0.1) is 12.1 Å². The topological polar surface area (TPSA) is 84.1 Å². The highest BCUT2D eigenvalue weighted by Crippen LogP contribution is 2.36. The van der Waals surface area contributed by atoms with Gasteiger partial charge in [0.15, 0.2) is 18.2 Å². The maximum Gasteiger partial charge on any atom is 0.178 e. The van der Waals surface area contributed by atoms with Crippen LogP contribution in [0.15, 0.2) is 30.7 Å². The Morgan fingerprint density at radius 1 is 1.38 bits per heavy atom. The fourth-order valence-electron chi connectivity index (χ4n) is 2.98. The molecule has 2 aromatic heterocycles. The van der Waals surface area contributed by atoms with Crippen LogP contribution in [-0.2, 0) is 17.9 Å². The van der Waals surface area contributed by atoms with Gasteiger partial charge in [-0.25, -0.2) is 14.6 Å². The second-order valence-electron chi connectivity index (χ2n) is 6.01. The molecule has 1 aliphatic heterocycles. The number of carbonyl (C=O) groups excluding carboxylic acids is 1. The van der Waals surface area contributed by atoms with Gasteiger partial charge in [-0.1, -0.05) is 0 Å². The van der Waals surface area contributed by atoms with Gasteiger partial charge in [-0.3, -0.25) is 4.79 Å². The Balaban J connectivity index is 1.74. The fraction of sp³-hybridized carbons (Fsp3) is 0.333. The Labute approximate surface area is 150 Å². The van der Waals surface area contributed by atoms with Gasteiger partial charge in [0, 0.05) is 18.8 Å². The van der Waals surface area contributed by atoms with Gasteiger partial charge >= 0.3 is 0 Å². The van der Waals surface area contributed by atoms with E-state index in [1.54, 1.807) is 13.0 Å². The summed E-state index contributed by atoms with van der Waals surface area (Å²) in [5.74, 6) is 2.84. The van der Waals surface area contributed by atoms with E-state index in [4.69, 9.17) is 14.5 Å². The van der Waals surface area contributed by atoms with Crippen LogP contribution in [0.1, 0.15) is 13.8 Å². The molecule has 0 amide bonds. The van der Waals surface area contributed by atoms with E-state index in [9.17, 15) is 4.79 Å². The van der Waals surface area contributed by atoms with E-state index in [2.05, 4.69) is 14.6 Å². The first-order valence-corrected chi connectivity index (χ1v) is 8.54. The SMILES string of the molecule is CCn1ncnc1-c1cn2c(n1)-c1ccc(O[C@@H](C)C=O)cc1OCC2. The van der Waals surface area contributed by atoms with Gasteiger partial charge in [-0.2, -0.15) is 5.10 Å². The maximum atomic E-state index is 10.8. The lowest BCUT2D eigenvalue weighted by Gasteiger charge is -2.12. The molecule has 4 rings (SSSR count). The quantitative estimate of drug-likeness (QED) is 0.654. The largest absolute Gasteiger partial charge is 0.491 e. The Hall–Kier alpha value is -3.16. The summed E-state index contributed by atoms with van der Waals surface area (Å²) in [4.78, 5) is 19.9. The first-order chi connectivity index (χ1) is 12.7. The molecule has 26 heavy (non-hydrogen) atoms. The second kappa shape index (κ2) is 6.62. The lowest BCUT2D eigenvalue weighted by Crippen LogP contribution is -2.12. The zero-order valence-corrected chi connectivity index (χ0v) is 14.6. The average Bonchev–Trinajstić information content (AvgIpc) is 3.25. The van der Waals surface area contributed by atoms with Crippen molar-refractivity contribution in [3.63, 3.8) is 0 Å². The van der Waals surface area contributed by atoms with Crippen molar-refractivity contribution in [1.82, 2.24) is 24.3 Å². The molecule has 0 aliphatic carbocycles. The number of hydrogen-bond donors (Lipinski definition) is 0. The maximum absolute atomic E-state index is 10.8. The molecule has 134 valence electrons. The molecule has 0 unspecified atom stereocenters. The molecule has 0 saturated carbocycles. The highest BCUT2D eigenvalue weighted by molar-refractivity contribution is 5.69. The Kier molecular flexibility index (Phi) is 4.16. The second-order valence-corrected chi connectivity index (χ2v) is 6.01. The Morgan fingerprint density at radius 3 is 3.08 bits per heavy atom. The van der Waals surface area contributed by atoms with Crippen molar-refractivity contribution in [3.05, 3.63) is 30.7 Å². The molecule has 3 aromatic rings. The summed E-state index contributed by atoms with van der Waals surface area (Å²) in [5.41, 5.74) is 1.66. The average molecular weight is 353 g/mol. The van der Waals surface area contributed by atoms with Crippen molar-refractivity contribution in [2.75, 3.05) is 6.61 Å². The summed E-state index contributed by atoms with van der Waals surface area (Å²) < 4.78 is 15.3. The molecule has 1 aromatic carbocycles. The summed E-state index contributed by atoms with van der Waals surface area (Å²) in [6, 6.07) is 5.52. The molecule has 0 bridgehead atoms. The lowest BCUT2D eigenvalue weighted by molar-refractivity contribution is -0.113. The molecule has 1 aliphatic rings. The number of aryl methyl sites for hydroxylation is 1. The molecular formula is C18H19N5O3. The molecule has 0 radical (unpaired) electrons. The van der Waals surface area contributed by atoms with E-state index in [0.717, 1.165) is 35.7 Å². The van der Waals surface area contributed by atoms with Crippen molar-refractivity contribution in [3.8, 4) is 34.4 Å². The van der Waals surface area contributed by atoms with E-state index in [1.807, 2.05) is 29.9 Å². The van der Waals surface area contributed by atoms with Gasteiger partial charge in [0.1, 0.15) is 36.0 Å². The van der Waals surface area contributed by atoms with Crippen LogP contribution in [0.5, 0.6) is 11.5 Å². The number of rotatable bonds is 5. The molecule has 0 fully saturated rings. The number of imidazole rings is 1. The van der Waals surface area contributed by atoms with Gasteiger partial charge in [0.25, 0.3) is 0 Å². The van der Waals surface area contributed by atoms with Crippen molar-refractivity contribution in [1.29, 1.82) is 0 Å². The monoisotopic (exact) mass is 353 g/mol. The third-order valence-electron chi connectivity index (χ3n) is 4.22. The predicted molar refractivity (Wildman–Crippen MR) is 94.0 cm³/mol. The van der Waals surface area contributed by atoms with Crippen LogP contribution in [0.25, 0.3) is 22.9 Å². The van der Waals surface area contributed by atoms with E-state index in [0.29, 0.717) is 24.7 Å². The van der Waals surface area contributed by atoms with Gasteiger partial charge < -0.3 is 14.0 Å². The smallest absolute Gasteiger partial charge is 0.178 e. The Morgan fingerprint density at radius 2 is 2.27 bits per heavy atom. The van der Waals surface area contributed by atoms with Crippen LogP contribution in [0.4, 0.5) is 0 Å². The standard InChI is InChI=1S/C18H19N5O3/c1-3-23-18(19-11-20-23)15-9-22-6-7-25-16-8-13(26-12(2)10-24)4-5-14(16)17(22)21-15/h4-5,8-12H,3,6-7H2,1-2H3/t12-/m0/s1. The van der Waals surface area contributed by atoms with Gasteiger partial charge in [-0.05, 0) is 26.0 Å². The van der Waals surface area contributed by atoms with E-state index >= 15 is 0 Å². The summed E-state index contributed by atoms with van der Waals surface area (Å²) in [7, 11) is 0. The van der Waals surface area contributed by atoms with Crippen LogP contribution < -0.4 is 9.47 Å². The normalized spacial score (nSPS) is 13.9. The van der Waals surface area contributed by atoms with Crippen LogP contribution >= 0.6 is 0 Å². The van der Waals surface area contributed by atoms with Gasteiger partial charge in [0.2, 0.25) is 0 Å². The number of fused-ring (bicyclic) bond motifs is 3. The molecule has 8 heteroatoms. The highest BCUT2D eigenvalue weighted by atomic mass is 16.5. The van der Waals surface area contributed by atoms with Gasteiger partial charge in [-0.15, -0.1) is 0 Å². The van der Waals surface area contributed by atoms with Crippen LogP contribution in [0.3, 0.4) is 0 Å². The molecule has 0 saturated heterocycles. The van der Waals surface area contributed by atoms with E-state index in [-0.39, 0.29) is 0 Å². The van der Waals surface area contributed by atoms with Crippen molar-refractivity contribution < 1.29 is 14.3 Å². The summed E-state index contributed by atoms with van der Waals surface area (Å²) in [6.07, 6.45) is 3.77. The zero-order valence-electron chi connectivity index (χ0n) is 14.6. The van der Waals surface area contributed by atoms with Crippen molar-refractivity contribution in [2.24, 2.45) is 0 Å². The fourth-order valence-corrected chi connectivity index (χ4v) is 2.98. The molecule has 3 heterocycles. The summed E-state index contributed by atoms with van der Waals surface area (Å²) >= 11 is 0. The van der Waals surface area contributed by atoms with Crippen molar-refractivity contribution in [2.45, 2.75) is 33.0 Å². The summed E-state index contributed by atoms with van der Waals surface area (Å²) in [5, 5.41) is 4.21. The molecule has 0 spiro atoms. The third-order valence-corrected chi connectivity index (χ3v) is 4.22. The number of carbonyl (C=O) groups is 1. The molecule has 0 N–H and O–H groups in total. The molecule has 8 nitrogen and oxygen atoms in total. The van der Waals surface area contributed by atoms with Crippen LogP contribution in [0, 0.1) is 0 Å². The number of nitrogens with zero attached hydrogens (tertiary/aromatic N) is 5. The number of ether oxygens (including phenoxy) is 2. The predicted octanol–water partition coefficient (Wildman–Crippen LogP) is 2.19. The Bertz CT molecular complexity index is 946. The minimum atomic E-state index is -0.507. The van der Waals surface area contributed by atoms with Crippen molar-refractivity contribution >= 4 is 6.29 Å². The lowest BCUT2D eigenvalue weighted by atomic mass is 10.2. The molecular weight excluding hydrogens is 334 g/mol. The minimum Gasteiger partial charge on any atom is -0.491 e. The number of hydrogen-bond acceptors (Lipinski definition) is 6. The number of aldehydes is 1. The first-order valence-electron chi connectivity index (χ1n) is 8.54. The summed E-state index contributed by atoms with van der Waals surface area (Å²) in [6.45, 7) is 5.64. The zero-order chi connectivity index (χ0) is 18.1. The first kappa shape index (κ1) is 16.3. The highest BCUT2D eigenvalue weighted by Gasteiger charge is 2.21. The third kappa shape index (κ3) is 2.83. The van der Waals surface area contributed by atoms with Crippen LogP contribution in [0.2, 0.25) is 0 Å². The van der Waals surface area contributed by atoms with E-state index in [1.165, 1.54) is 6.33 Å². The number of aromatic nitrogens is 5. The molecule has 1 atom stereocenters. The minimum absolute atomic E-state index is 0.507.